The molecule has 0 aliphatic rings. The number of benzene rings is 3. The van der Waals surface area contributed by atoms with E-state index in [-0.39, 0.29) is 43.5 Å². The first-order valence-electron chi connectivity index (χ1n) is 18.3. The fraction of sp³-hybridized carbons (Fsp3) is 0.409. The fourth-order valence-electron chi connectivity index (χ4n) is 6.90. The van der Waals surface area contributed by atoms with E-state index in [1.165, 1.54) is 42.5 Å². The Hall–Kier alpha value is -2.57. The molecule has 2 aromatic heterocycles. The Balaban J connectivity index is 0.000000361. The summed E-state index contributed by atoms with van der Waals surface area (Å²) in [6.45, 7) is 17.3. The number of ketones is 1. The van der Waals surface area contributed by atoms with Gasteiger partial charge in [0.15, 0.2) is 5.78 Å². The average Bonchev–Trinajstić information content (AvgIpc) is 3.51. The maximum Gasteiger partial charge on any atom is 0.162 e. The zero-order valence-corrected chi connectivity index (χ0v) is 37.0. The van der Waals surface area contributed by atoms with Gasteiger partial charge in [-0.1, -0.05) is 27.7 Å². The van der Waals surface area contributed by atoms with Crippen molar-refractivity contribution in [3.63, 3.8) is 0 Å². The third-order valence-electron chi connectivity index (χ3n) is 10.1. The normalized spacial score (nSPS) is 12.2. The molecule has 0 atom stereocenters. The van der Waals surface area contributed by atoms with Crippen LogP contribution in [0.3, 0.4) is 0 Å². The van der Waals surface area contributed by atoms with Crippen LogP contribution in [-0.2, 0) is 24.9 Å². The fourth-order valence-corrected chi connectivity index (χ4v) is 16.2. The maximum atomic E-state index is 11.7. The van der Waals surface area contributed by atoms with Crippen LogP contribution < -0.4 is 8.11 Å². The molecule has 0 aliphatic carbocycles. The van der Waals surface area contributed by atoms with E-state index in [0.717, 1.165) is 36.9 Å². The molecule has 3 nitrogen and oxygen atoms in total. The van der Waals surface area contributed by atoms with Gasteiger partial charge in [0.2, 0.25) is 0 Å². The van der Waals surface area contributed by atoms with Crippen LogP contribution in [0.25, 0.3) is 32.1 Å². The Morgan fingerprint density at radius 2 is 1.44 bits per heavy atom. The molecule has 5 aromatic rings. The number of rotatable bonds is 12. The zero-order valence-electron chi connectivity index (χ0n) is 31.7. The number of aromatic nitrogens is 1. The quantitative estimate of drug-likeness (QED) is 0.0587. The van der Waals surface area contributed by atoms with E-state index in [2.05, 4.69) is 112 Å². The summed E-state index contributed by atoms with van der Waals surface area (Å²) in [4.78, 5) is 16.7. The predicted molar refractivity (Wildman–Crippen MR) is 217 cm³/mol. The van der Waals surface area contributed by atoms with E-state index >= 15 is 0 Å². The monoisotopic (exact) mass is 929 g/mol. The number of nitrogens with zero attached hydrogens (tertiary/aromatic N) is 1. The molecule has 0 amide bonds. The van der Waals surface area contributed by atoms with Gasteiger partial charge in [-0.3, -0.25) is 4.79 Å². The molecule has 0 aliphatic heterocycles. The Bertz CT molecular complexity index is 1890. The van der Waals surface area contributed by atoms with Crippen LogP contribution >= 0.6 is 11.3 Å². The van der Waals surface area contributed by atoms with Gasteiger partial charge in [0.1, 0.15) is 0 Å². The first-order valence-corrected chi connectivity index (χ1v) is 25.4. The molecule has 0 bridgehead atoms. The summed E-state index contributed by atoms with van der Waals surface area (Å²) in [5, 5.41) is 13.6. The summed E-state index contributed by atoms with van der Waals surface area (Å²) >= 11 is -0.488. The number of aliphatic hydroxyl groups excluding tert-OH is 1. The number of pyridine rings is 1. The molecule has 2 heterocycles. The number of hydrogen-bond donors (Lipinski definition) is 1. The molecule has 0 unspecified atom stereocenters. The van der Waals surface area contributed by atoms with Crippen molar-refractivity contribution in [3.05, 3.63) is 102 Å². The number of carbonyl (C=O) groups excluding carboxylic acids is 1. The molecule has 0 fully saturated rings. The number of fused-ring (bicyclic) bond motifs is 2. The first-order chi connectivity index (χ1) is 23.4. The standard InChI is InChI=1S/C31H32GeNS.C13H24O2.Ir/c1-20(2)27-19-23(18-22-12-10-11-15-25(22)27)29-30-26(16-17-33-29)28(21(3)4)31(34-30)32(5,6)24-13-8-7-9-14-24;1-5-10(6-2)12(14)9-13(15)11(7-3)8-4;/h7-17,19-21H,1-6H3;9-11,14H,5-8H2,1-4H3;/q-1;;/b;12-9-;. The molecular formula is C44H56GeIrNO2S-. The van der Waals surface area contributed by atoms with Gasteiger partial charge in [0.25, 0.3) is 0 Å². The topological polar surface area (TPSA) is 50.2 Å². The SMILES string of the molecule is CC(C)c1cc(-c2nccc3c(C(C)C)[c]([Ge]([CH3])([CH3])[c]4ccccc4)sc23)[c-]c2ccccc12.CCC(CC)C(=O)/C=C(\O)C(CC)CC.[Ir]. The predicted octanol–water partition coefficient (Wildman–Crippen LogP) is 11.9. The van der Waals surface area contributed by atoms with Gasteiger partial charge in [-0.2, -0.15) is 0 Å². The molecule has 269 valence electrons. The Kier molecular flexibility index (Phi) is 15.7. The van der Waals surface area contributed by atoms with Gasteiger partial charge >= 0.3 is 211 Å². The first kappa shape index (κ1) is 41.8. The number of allylic oxidation sites excluding steroid dienone is 2. The minimum atomic E-state index is -2.48. The number of carbonyl (C=O) groups is 1. The van der Waals surface area contributed by atoms with Gasteiger partial charge in [0, 0.05) is 38.0 Å². The van der Waals surface area contributed by atoms with Crippen molar-refractivity contribution in [2.24, 2.45) is 11.8 Å². The maximum absolute atomic E-state index is 11.7. The van der Waals surface area contributed by atoms with Crippen LogP contribution in [0, 0.1) is 17.9 Å². The zero-order chi connectivity index (χ0) is 35.9. The Morgan fingerprint density at radius 1 is 0.840 bits per heavy atom. The van der Waals surface area contributed by atoms with Crippen molar-refractivity contribution in [2.45, 2.75) is 104 Å². The van der Waals surface area contributed by atoms with Crippen molar-refractivity contribution in [2.75, 3.05) is 0 Å². The third kappa shape index (κ3) is 9.26. The summed E-state index contributed by atoms with van der Waals surface area (Å²) in [6, 6.07) is 28.1. The molecule has 1 radical (unpaired) electrons. The van der Waals surface area contributed by atoms with Gasteiger partial charge < -0.3 is 5.11 Å². The van der Waals surface area contributed by atoms with Gasteiger partial charge in [-0.25, -0.2) is 0 Å². The molecular weight excluding hydrogens is 871 g/mol. The van der Waals surface area contributed by atoms with Crippen molar-refractivity contribution in [1.29, 1.82) is 0 Å². The van der Waals surface area contributed by atoms with E-state index < -0.39 is 13.3 Å². The van der Waals surface area contributed by atoms with Crippen LogP contribution in [-0.4, -0.2) is 29.1 Å². The largest absolute Gasteiger partial charge is 0.512 e. The second-order valence-electron chi connectivity index (χ2n) is 14.4. The van der Waals surface area contributed by atoms with E-state index in [9.17, 15) is 9.90 Å². The molecule has 1 N–H and O–H groups in total. The van der Waals surface area contributed by atoms with Gasteiger partial charge in [-0.15, -0.1) is 0 Å². The van der Waals surface area contributed by atoms with E-state index in [0.29, 0.717) is 11.8 Å². The van der Waals surface area contributed by atoms with Gasteiger partial charge in [0.05, 0.1) is 5.76 Å². The second-order valence-corrected chi connectivity index (χ2v) is 25.2. The van der Waals surface area contributed by atoms with Crippen LogP contribution in [0.5, 0.6) is 0 Å². The van der Waals surface area contributed by atoms with Crippen molar-refractivity contribution in [1.82, 2.24) is 4.98 Å². The van der Waals surface area contributed by atoms with E-state index in [1.807, 2.05) is 45.2 Å². The molecule has 6 heteroatoms. The molecule has 5 rings (SSSR count). The summed E-state index contributed by atoms with van der Waals surface area (Å²) in [5.74, 6) is 6.54. The van der Waals surface area contributed by atoms with Crippen LogP contribution in [0.15, 0.2) is 84.8 Å². The van der Waals surface area contributed by atoms with Crippen LogP contribution in [0.1, 0.15) is 104 Å². The minimum absolute atomic E-state index is 0. The molecule has 0 spiro atoms. The van der Waals surface area contributed by atoms with Crippen molar-refractivity contribution in [3.8, 4) is 11.3 Å². The van der Waals surface area contributed by atoms with Crippen LogP contribution in [0.4, 0.5) is 0 Å². The molecule has 0 saturated heterocycles. The summed E-state index contributed by atoms with van der Waals surface area (Å²) in [6.07, 6.45) is 6.91. The number of thiophene rings is 1. The number of aliphatic hydroxyl groups is 1. The van der Waals surface area contributed by atoms with E-state index in [4.69, 9.17) is 4.98 Å². The van der Waals surface area contributed by atoms with Crippen molar-refractivity contribution >= 4 is 59.4 Å². The average molecular weight is 928 g/mol. The van der Waals surface area contributed by atoms with Gasteiger partial charge in [-0.05, 0) is 25.7 Å². The summed E-state index contributed by atoms with van der Waals surface area (Å²) in [7, 11) is 0. The summed E-state index contributed by atoms with van der Waals surface area (Å²) < 4.78 is 4.47. The van der Waals surface area contributed by atoms with E-state index in [1.54, 1.807) is 3.71 Å². The Morgan fingerprint density at radius 3 is 2.02 bits per heavy atom. The van der Waals surface area contributed by atoms with Crippen molar-refractivity contribution < 1.29 is 30.0 Å². The Labute approximate surface area is 321 Å². The number of hydrogen-bond acceptors (Lipinski definition) is 4. The third-order valence-corrected chi connectivity index (χ3v) is 21.1. The molecule has 0 saturated carbocycles. The minimum Gasteiger partial charge on any atom is -0.512 e. The summed E-state index contributed by atoms with van der Waals surface area (Å²) in [5.41, 5.74) is 5.09. The smallest absolute Gasteiger partial charge is 0.162 e. The second kappa shape index (κ2) is 18.8. The van der Waals surface area contributed by atoms with Crippen LogP contribution in [0.2, 0.25) is 11.5 Å². The molecule has 3 aromatic carbocycles. The molecule has 50 heavy (non-hydrogen) atoms.